The van der Waals surface area contributed by atoms with E-state index in [0.29, 0.717) is 11.6 Å². The van der Waals surface area contributed by atoms with Crippen molar-refractivity contribution in [3.05, 3.63) is 17.5 Å². The molecule has 2 heterocycles. The van der Waals surface area contributed by atoms with E-state index in [0.717, 1.165) is 18.8 Å². The van der Waals surface area contributed by atoms with Crippen LogP contribution in [0.25, 0.3) is 0 Å². The molecule has 1 aliphatic heterocycles. The van der Waals surface area contributed by atoms with Crippen LogP contribution in [0.2, 0.25) is 0 Å². The van der Waals surface area contributed by atoms with Gasteiger partial charge in [0.25, 0.3) is 0 Å². The highest BCUT2D eigenvalue weighted by Gasteiger charge is 2.28. The van der Waals surface area contributed by atoms with Gasteiger partial charge in [-0.3, -0.25) is 0 Å². The molecule has 1 fully saturated rings. The number of carboxylic acid groups (broad SMARTS) is 1. The van der Waals surface area contributed by atoms with Crippen molar-refractivity contribution in [2.75, 3.05) is 23.7 Å². The first kappa shape index (κ1) is 13.1. The monoisotopic (exact) mass is 267 g/mol. The Bertz CT molecular complexity index is 476. The third kappa shape index (κ3) is 2.75. The number of nitrogens with zero attached hydrogens (tertiary/aromatic N) is 3. The molecule has 0 atom stereocenters. The van der Waals surface area contributed by atoms with E-state index in [1.165, 1.54) is 6.20 Å². The van der Waals surface area contributed by atoms with E-state index in [-0.39, 0.29) is 10.3 Å². The summed E-state index contributed by atoms with van der Waals surface area (Å²) in [7, 11) is 0. The molecule has 5 nitrogen and oxygen atoms in total. The lowest BCUT2D eigenvalue weighted by Gasteiger charge is -2.37. The van der Waals surface area contributed by atoms with Crippen molar-refractivity contribution < 1.29 is 9.90 Å². The van der Waals surface area contributed by atoms with Crippen LogP contribution in [-0.2, 0) is 0 Å². The van der Waals surface area contributed by atoms with Crippen LogP contribution in [0.5, 0.6) is 0 Å². The SMILES string of the molecule is Cc1nc(N2CCSC(C)(C)C2)ncc1C(=O)O. The summed E-state index contributed by atoms with van der Waals surface area (Å²) >= 11 is 1.94. The second-order valence-corrected chi connectivity index (χ2v) is 6.81. The van der Waals surface area contributed by atoms with E-state index in [9.17, 15) is 4.79 Å². The largest absolute Gasteiger partial charge is 0.478 e. The van der Waals surface area contributed by atoms with Crippen LogP contribution in [0.15, 0.2) is 6.20 Å². The molecule has 1 aromatic heterocycles. The number of aromatic carboxylic acids is 1. The first-order chi connectivity index (χ1) is 8.39. The van der Waals surface area contributed by atoms with Crippen molar-refractivity contribution in [3.8, 4) is 0 Å². The Kier molecular flexibility index (Phi) is 3.47. The summed E-state index contributed by atoms with van der Waals surface area (Å²) in [6, 6.07) is 0. The topological polar surface area (TPSA) is 66.3 Å². The van der Waals surface area contributed by atoms with Gasteiger partial charge in [0.05, 0.1) is 11.3 Å². The Labute approximate surface area is 111 Å². The molecule has 0 bridgehead atoms. The van der Waals surface area contributed by atoms with Crippen molar-refractivity contribution >= 4 is 23.7 Å². The van der Waals surface area contributed by atoms with Gasteiger partial charge < -0.3 is 10.0 Å². The van der Waals surface area contributed by atoms with Crippen molar-refractivity contribution in [3.63, 3.8) is 0 Å². The van der Waals surface area contributed by atoms with E-state index >= 15 is 0 Å². The lowest BCUT2D eigenvalue weighted by Crippen LogP contribution is -2.44. The second kappa shape index (κ2) is 4.76. The van der Waals surface area contributed by atoms with E-state index in [1.54, 1.807) is 6.92 Å². The Balaban J connectivity index is 2.24. The van der Waals surface area contributed by atoms with Gasteiger partial charge in [0.15, 0.2) is 0 Å². The zero-order valence-corrected chi connectivity index (χ0v) is 11.6. The van der Waals surface area contributed by atoms with Gasteiger partial charge in [0.1, 0.15) is 0 Å². The van der Waals surface area contributed by atoms with E-state index in [1.807, 2.05) is 11.8 Å². The molecular weight excluding hydrogens is 250 g/mol. The maximum Gasteiger partial charge on any atom is 0.339 e. The summed E-state index contributed by atoms with van der Waals surface area (Å²) < 4.78 is 0.182. The molecule has 6 heteroatoms. The van der Waals surface area contributed by atoms with Gasteiger partial charge in [0, 0.05) is 29.8 Å². The molecule has 0 radical (unpaired) electrons. The van der Waals surface area contributed by atoms with Crippen LogP contribution >= 0.6 is 11.8 Å². The lowest BCUT2D eigenvalue weighted by molar-refractivity contribution is 0.0695. The summed E-state index contributed by atoms with van der Waals surface area (Å²) in [6.07, 6.45) is 1.40. The molecule has 98 valence electrons. The predicted molar refractivity (Wildman–Crippen MR) is 72.5 cm³/mol. The van der Waals surface area contributed by atoms with Crippen LogP contribution in [0.4, 0.5) is 5.95 Å². The highest BCUT2D eigenvalue weighted by atomic mass is 32.2. The average molecular weight is 267 g/mol. The van der Waals surface area contributed by atoms with Crippen LogP contribution in [0.1, 0.15) is 29.9 Å². The third-order valence-corrected chi connectivity index (χ3v) is 4.20. The fourth-order valence-corrected chi connectivity index (χ4v) is 3.12. The minimum Gasteiger partial charge on any atom is -0.478 e. The number of thioether (sulfide) groups is 1. The standard InChI is InChI=1S/C12H17N3O2S/c1-8-9(10(16)17)6-13-11(14-8)15-4-5-18-12(2,3)7-15/h6H,4-5,7H2,1-3H3,(H,16,17). The molecule has 2 rings (SSSR count). The summed E-state index contributed by atoms with van der Waals surface area (Å²) in [5.41, 5.74) is 0.688. The molecule has 0 aliphatic carbocycles. The van der Waals surface area contributed by atoms with Gasteiger partial charge in [-0.1, -0.05) is 0 Å². The Morgan fingerprint density at radius 1 is 1.56 bits per heavy atom. The number of carbonyl (C=O) groups is 1. The minimum absolute atomic E-state index is 0.171. The molecular formula is C12H17N3O2S. The molecule has 0 spiro atoms. The summed E-state index contributed by atoms with van der Waals surface area (Å²) in [4.78, 5) is 21.5. The van der Waals surface area contributed by atoms with Gasteiger partial charge >= 0.3 is 5.97 Å². The highest BCUT2D eigenvalue weighted by molar-refractivity contribution is 8.00. The van der Waals surface area contributed by atoms with Crippen molar-refractivity contribution in [2.24, 2.45) is 0 Å². The third-order valence-electron chi connectivity index (χ3n) is 2.91. The Morgan fingerprint density at radius 2 is 2.28 bits per heavy atom. The Hall–Kier alpha value is -1.30. The molecule has 1 N–H and O–H groups in total. The van der Waals surface area contributed by atoms with E-state index in [4.69, 9.17) is 5.11 Å². The first-order valence-electron chi connectivity index (χ1n) is 5.85. The zero-order valence-electron chi connectivity index (χ0n) is 10.8. The van der Waals surface area contributed by atoms with Crippen LogP contribution in [-0.4, -0.2) is 44.6 Å². The number of hydrogen-bond acceptors (Lipinski definition) is 5. The van der Waals surface area contributed by atoms with Crippen LogP contribution < -0.4 is 4.90 Å². The summed E-state index contributed by atoms with van der Waals surface area (Å²) in [5.74, 6) is 0.690. The van der Waals surface area contributed by atoms with Crippen LogP contribution in [0.3, 0.4) is 0 Å². The fraction of sp³-hybridized carbons (Fsp3) is 0.583. The lowest BCUT2D eigenvalue weighted by atomic mass is 10.2. The smallest absolute Gasteiger partial charge is 0.339 e. The zero-order chi connectivity index (χ0) is 13.3. The maximum absolute atomic E-state index is 10.9. The van der Waals surface area contributed by atoms with E-state index < -0.39 is 5.97 Å². The van der Waals surface area contributed by atoms with Crippen molar-refractivity contribution in [2.45, 2.75) is 25.5 Å². The number of aryl methyl sites for hydroxylation is 1. The molecule has 0 unspecified atom stereocenters. The van der Waals surface area contributed by atoms with Crippen molar-refractivity contribution in [1.29, 1.82) is 0 Å². The Morgan fingerprint density at radius 3 is 2.83 bits per heavy atom. The number of carboxylic acids is 1. The number of anilines is 1. The predicted octanol–water partition coefficient (Wildman–Crippen LogP) is 1.82. The number of rotatable bonds is 2. The quantitative estimate of drug-likeness (QED) is 0.881. The minimum atomic E-state index is -0.978. The molecule has 1 saturated heterocycles. The van der Waals surface area contributed by atoms with Gasteiger partial charge in [-0.25, -0.2) is 14.8 Å². The number of aromatic nitrogens is 2. The van der Waals surface area contributed by atoms with Crippen LogP contribution in [0, 0.1) is 6.92 Å². The molecule has 0 aromatic carbocycles. The first-order valence-corrected chi connectivity index (χ1v) is 6.83. The molecule has 0 saturated carbocycles. The normalized spacial score (nSPS) is 18.7. The number of hydrogen-bond donors (Lipinski definition) is 1. The maximum atomic E-state index is 10.9. The fourth-order valence-electron chi connectivity index (χ4n) is 2.00. The van der Waals surface area contributed by atoms with Gasteiger partial charge in [-0.15, -0.1) is 0 Å². The molecule has 1 aromatic rings. The van der Waals surface area contributed by atoms with Gasteiger partial charge in [-0.05, 0) is 20.8 Å². The van der Waals surface area contributed by atoms with Crippen molar-refractivity contribution in [1.82, 2.24) is 9.97 Å². The summed E-state index contributed by atoms with van der Waals surface area (Å²) in [5, 5.41) is 8.95. The molecule has 1 aliphatic rings. The van der Waals surface area contributed by atoms with E-state index in [2.05, 4.69) is 28.7 Å². The molecule has 18 heavy (non-hydrogen) atoms. The second-order valence-electron chi connectivity index (χ2n) is 5.00. The highest BCUT2D eigenvalue weighted by Crippen LogP contribution is 2.31. The van der Waals surface area contributed by atoms with Gasteiger partial charge in [-0.2, -0.15) is 11.8 Å². The molecule has 0 amide bonds. The average Bonchev–Trinajstić information content (AvgIpc) is 2.27. The van der Waals surface area contributed by atoms with Gasteiger partial charge in [0.2, 0.25) is 5.95 Å². The summed E-state index contributed by atoms with van der Waals surface area (Å²) in [6.45, 7) is 7.88.